The summed E-state index contributed by atoms with van der Waals surface area (Å²) in [5.74, 6) is 0. The zero-order valence-electron chi connectivity index (χ0n) is 9.53. The van der Waals surface area contributed by atoms with Crippen LogP contribution in [-0.4, -0.2) is 22.3 Å². The van der Waals surface area contributed by atoms with Crippen LogP contribution in [0, 0.1) is 0 Å². The third kappa shape index (κ3) is 9.44. The molecule has 0 saturated carbocycles. The van der Waals surface area contributed by atoms with Gasteiger partial charge in [-0.25, -0.2) is 0 Å². The molecule has 0 aromatic rings. The molecule has 0 unspecified atom stereocenters. The van der Waals surface area contributed by atoms with Gasteiger partial charge in [0.15, 0.2) is 0 Å². The van der Waals surface area contributed by atoms with Gasteiger partial charge in [0.1, 0.15) is 9.74 Å². The Morgan fingerprint density at radius 1 is 0.714 bits per heavy atom. The van der Waals surface area contributed by atoms with E-state index in [2.05, 4.69) is 37.9 Å². The van der Waals surface area contributed by atoms with Crippen LogP contribution < -0.4 is 0 Å². The molecular weight excluding hydrogens is 259 g/mol. The molecule has 0 rings (SSSR count). The maximum atomic E-state index is 4.28. The molecule has 0 saturated heterocycles. The van der Waals surface area contributed by atoms with Crippen LogP contribution in [0.4, 0.5) is 0 Å². The van der Waals surface area contributed by atoms with Gasteiger partial charge in [0, 0.05) is 0 Å². The Hall–Kier alpha value is 0.880. The van der Waals surface area contributed by atoms with Crippen LogP contribution >= 0.6 is 48.3 Å². The summed E-state index contributed by atoms with van der Waals surface area (Å²) in [7, 11) is 0. The minimum Gasteiger partial charge on any atom is -0.176 e. The van der Waals surface area contributed by atoms with E-state index in [1.54, 1.807) is 23.5 Å². The van der Waals surface area contributed by atoms with Crippen LogP contribution in [0.3, 0.4) is 0 Å². The average molecular weight is 279 g/mol. The predicted molar refractivity (Wildman–Crippen MR) is 74.5 cm³/mol. The van der Waals surface area contributed by atoms with Crippen molar-refractivity contribution in [3.8, 4) is 0 Å². The van der Waals surface area contributed by atoms with E-state index < -0.39 is 0 Å². The molecule has 0 aromatic heterocycles. The second kappa shape index (κ2) is 8.08. The van der Waals surface area contributed by atoms with E-state index in [9.17, 15) is 0 Å². The second-order valence-electron chi connectivity index (χ2n) is 3.50. The highest BCUT2D eigenvalue weighted by molar-refractivity contribution is 8.00. The summed E-state index contributed by atoms with van der Waals surface area (Å²) in [5.41, 5.74) is 0. The average Bonchev–Trinajstić information content (AvgIpc) is 2.02. The largest absolute Gasteiger partial charge is 0.176 e. The van der Waals surface area contributed by atoms with Crippen LogP contribution in [-0.2, 0) is 0 Å². The summed E-state index contributed by atoms with van der Waals surface area (Å²) >= 11 is 3.42. The van der Waals surface area contributed by atoms with Crippen molar-refractivity contribution in [2.75, 3.05) is 12.5 Å². The van der Waals surface area contributed by atoms with Gasteiger partial charge < -0.3 is 0 Å². The highest BCUT2D eigenvalue weighted by Gasteiger charge is 2.18. The number of hydrogen-bond acceptors (Lipinski definition) is 4. The lowest BCUT2D eigenvalue weighted by Crippen LogP contribution is -2.14. The summed E-state index contributed by atoms with van der Waals surface area (Å²) in [4.78, 5) is -0.181. The van der Waals surface area contributed by atoms with Gasteiger partial charge in [-0.1, -0.05) is 0 Å². The smallest absolute Gasteiger partial charge is 0.121 e. The lowest BCUT2D eigenvalue weighted by atomic mass is 10.4. The van der Waals surface area contributed by atoms with Gasteiger partial charge in [-0.15, -0.1) is 48.3 Å². The third-order valence-corrected chi connectivity index (χ3v) is 3.69. The van der Waals surface area contributed by atoms with Crippen LogP contribution in [0.15, 0.2) is 10.2 Å². The highest BCUT2D eigenvalue weighted by Crippen LogP contribution is 2.28. The monoisotopic (exact) mass is 278 g/mol. The fourth-order valence-electron chi connectivity index (χ4n) is 0.322. The van der Waals surface area contributed by atoms with E-state index in [1.807, 2.05) is 12.5 Å². The molecule has 0 radical (unpaired) electrons. The third-order valence-electron chi connectivity index (χ3n) is 1.53. The van der Waals surface area contributed by atoms with Crippen molar-refractivity contribution in [1.29, 1.82) is 0 Å². The van der Waals surface area contributed by atoms with Crippen molar-refractivity contribution in [3.05, 3.63) is 0 Å². The Balaban J connectivity index is -0.000000605. The molecule has 0 aliphatic carbocycles. The number of thioether (sulfide) groups is 2. The van der Waals surface area contributed by atoms with Gasteiger partial charge in [0.05, 0.1) is 0 Å². The quantitative estimate of drug-likeness (QED) is 0.709. The van der Waals surface area contributed by atoms with Gasteiger partial charge in [-0.3, -0.25) is 0 Å². The Kier molecular flexibility index (Phi) is 11.7. The van der Waals surface area contributed by atoms with Crippen LogP contribution in [0.25, 0.3) is 0 Å². The lowest BCUT2D eigenvalue weighted by Gasteiger charge is -2.19. The Morgan fingerprint density at radius 2 is 0.929 bits per heavy atom. The molecule has 0 amide bonds. The van der Waals surface area contributed by atoms with Crippen molar-refractivity contribution < 1.29 is 0 Å². The Bertz CT molecular complexity index is 155. The minimum atomic E-state index is -0.0903. The molecule has 0 aliphatic rings. The maximum Gasteiger partial charge on any atom is 0.121 e. The van der Waals surface area contributed by atoms with Gasteiger partial charge in [-0.05, 0) is 40.2 Å². The minimum absolute atomic E-state index is 0. The summed E-state index contributed by atoms with van der Waals surface area (Å²) in [5, 5.41) is 8.57. The number of azo groups is 1. The number of rotatable bonds is 4. The first-order valence-electron chi connectivity index (χ1n) is 3.87. The summed E-state index contributed by atoms with van der Waals surface area (Å²) in [6, 6.07) is 0. The van der Waals surface area contributed by atoms with Crippen LogP contribution in [0.2, 0.25) is 0 Å². The Labute approximate surface area is 108 Å². The predicted octanol–water partition coefficient (Wildman–Crippen LogP) is 4.48. The van der Waals surface area contributed by atoms with Crippen LogP contribution in [0.1, 0.15) is 27.7 Å². The van der Waals surface area contributed by atoms with Gasteiger partial charge >= 0.3 is 0 Å². The molecule has 0 heterocycles. The van der Waals surface area contributed by atoms with Gasteiger partial charge in [0.25, 0.3) is 0 Å². The molecule has 0 atom stereocenters. The Morgan fingerprint density at radius 3 is 1.07 bits per heavy atom. The topological polar surface area (TPSA) is 24.7 Å². The molecule has 0 aromatic carbocycles. The zero-order chi connectivity index (χ0) is 9.83. The maximum absolute atomic E-state index is 4.28. The van der Waals surface area contributed by atoms with E-state index >= 15 is 0 Å². The van der Waals surface area contributed by atoms with E-state index in [4.69, 9.17) is 0 Å². The van der Waals surface area contributed by atoms with E-state index in [0.29, 0.717) is 0 Å². The first-order chi connectivity index (χ1) is 5.33. The fraction of sp³-hybridized carbons (Fsp3) is 1.00. The standard InChI is InChI=1S/C8H18N2S2.2ClH/c1-7(2,11-5)9-10-8(3,4)12-6;;/h1-6H3;2*1H. The normalized spacial score (nSPS) is 12.1. The fourth-order valence-corrected chi connectivity index (χ4v) is 0.567. The van der Waals surface area contributed by atoms with E-state index in [-0.39, 0.29) is 34.6 Å². The molecule has 2 nitrogen and oxygen atoms in total. The molecular formula is C8H20Cl2N2S2. The van der Waals surface area contributed by atoms with Crippen molar-refractivity contribution in [2.24, 2.45) is 10.2 Å². The van der Waals surface area contributed by atoms with Gasteiger partial charge in [-0.2, -0.15) is 10.2 Å². The van der Waals surface area contributed by atoms with Crippen molar-refractivity contribution in [3.63, 3.8) is 0 Å². The summed E-state index contributed by atoms with van der Waals surface area (Å²) in [6.45, 7) is 8.27. The molecule has 6 heteroatoms. The van der Waals surface area contributed by atoms with Gasteiger partial charge in [0.2, 0.25) is 0 Å². The number of hydrogen-bond donors (Lipinski definition) is 0. The first kappa shape index (κ1) is 20.3. The van der Waals surface area contributed by atoms with Crippen molar-refractivity contribution >= 4 is 48.3 Å². The number of halogens is 2. The second-order valence-corrected chi connectivity index (χ2v) is 6.32. The molecule has 0 spiro atoms. The lowest BCUT2D eigenvalue weighted by molar-refractivity contribution is 0.616. The molecule has 0 bridgehead atoms. The van der Waals surface area contributed by atoms with Crippen molar-refractivity contribution in [1.82, 2.24) is 0 Å². The first-order valence-corrected chi connectivity index (χ1v) is 6.32. The highest BCUT2D eigenvalue weighted by atomic mass is 35.5. The number of nitrogens with zero attached hydrogens (tertiary/aromatic N) is 2. The van der Waals surface area contributed by atoms with E-state index in [0.717, 1.165) is 0 Å². The zero-order valence-corrected chi connectivity index (χ0v) is 12.8. The van der Waals surface area contributed by atoms with Crippen LogP contribution in [0.5, 0.6) is 0 Å². The van der Waals surface area contributed by atoms with E-state index in [1.165, 1.54) is 0 Å². The molecule has 0 fully saturated rings. The molecule has 0 N–H and O–H groups in total. The molecule has 0 aliphatic heterocycles. The molecule has 88 valence electrons. The van der Waals surface area contributed by atoms with Crippen molar-refractivity contribution in [2.45, 2.75) is 37.4 Å². The summed E-state index contributed by atoms with van der Waals surface area (Å²) < 4.78 is 0. The molecule has 14 heavy (non-hydrogen) atoms. The summed E-state index contributed by atoms with van der Waals surface area (Å²) in [6.07, 6.45) is 4.09. The SMILES string of the molecule is CSC(C)(C)N=NC(C)(C)SC.Cl.Cl.